The van der Waals surface area contributed by atoms with Gasteiger partial charge < -0.3 is 14.9 Å². The molecule has 1 aliphatic heterocycles. The van der Waals surface area contributed by atoms with E-state index in [4.69, 9.17) is 4.74 Å². The van der Waals surface area contributed by atoms with Gasteiger partial charge in [-0.05, 0) is 13.3 Å². The van der Waals surface area contributed by atoms with Crippen molar-refractivity contribution in [1.29, 1.82) is 0 Å². The number of hydrogen-bond donors (Lipinski definition) is 2. The largest absolute Gasteiger partial charge is 0.393 e. The zero-order valence-electron chi connectivity index (χ0n) is 8.94. The summed E-state index contributed by atoms with van der Waals surface area (Å²) in [6.45, 7) is 3.91. The van der Waals surface area contributed by atoms with E-state index in [1.807, 2.05) is 0 Å². The summed E-state index contributed by atoms with van der Waals surface area (Å²) in [5, 5.41) is 19.8. The summed E-state index contributed by atoms with van der Waals surface area (Å²) < 4.78 is 5.46. The van der Waals surface area contributed by atoms with E-state index < -0.39 is 5.60 Å². The zero-order chi connectivity index (χ0) is 10.3. The first-order chi connectivity index (χ1) is 6.56. The maximum absolute atomic E-state index is 9.91. The van der Waals surface area contributed by atoms with E-state index in [1.165, 1.54) is 0 Å². The number of aliphatic hydroxyl groups excluding tert-OH is 1. The van der Waals surface area contributed by atoms with Crippen molar-refractivity contribution in [2.24, 2.45) is 5.92 Å². The van der Waals surface area contributed by atoms with Crippen LogP contribution in [0.4, 0.5) is 0 Å². The Labute approximate surface area is 85.1 Å². The van der Waals surface area contributed by atoms with Crippen LogP contribution in [0, 0.1) is 5.92 Å². The number of epoxide rings is 1. The standard InChI is InChI=1S/C11H20O3/c1-3-4-5-7-8(12)6-11(2,13)10-9(7)14-10/h7-10,12-13H,3-6H2,1-2H3/t7-,8-,9-,10-,11+/m0/s1. The van der Waals surface area contributed by atoms with Gasteiger partial charge in [0.15, 0.2) is 0 Å². The minimum Gasteiger partial charge on any atom is -0.393 e. The van der Waals surface area contributed by atoms with Crippen molar-refractivity contribution in [3.8, 4) is 0 Å². The molecule has 0 aromatic carbocycles. The molecule has 1 saturated carbocycles. The topological polar surface area (TPSA) is 53.0 Å². The van der Waals surface area contributed by atoms with Crippen molar-refractivity contribution in [1.82, 2.24) is 0 Å². The van der Waals surface area contributed by atoms with Gasteiger partial charge >= 0.3 is 0 Å². The van der Waals surface area contributed by atoms with Crippen LogP contribution < -0.4 is 0 Å². The summed E-state index contributed by atoms with van der Waals surface area (Å²) in [6.07, 6.45) is 3.47. The van der Waals surface area contributed by atoms with Gasteiger partial charge in [-0.2, -0.15) is 0 Å². The highest BCUT2D eigenvalue weighted by Gasteiger charge is 2.60. The van der Waals surface area contributed by atoms with E-state index in [0.717, 1.165) is 19.3 Å². The van der Waals surface area contributed by atoms with Crippen LogP contribution in [0.25, 0.3) is 0 Å². The fraction of sp³-hybridized carbons (Fsp3) is 1.00. The Morgan fingerprint density at radius 3 is 2.86 bits per heavy atom. The molecule has 5 atom stereocenters. The molecule has 0 aromatic rings. The summed E-state index contributed by atoms with van der Waals surface area (Å²) in [5.74, 6) is 0.250. The first-order valence-electron chi connectivity index (χ1n) is 5.62. The highest BCUT2D eigenvalue weighted by molar-refractivity contribution is 5.09. The number of unbranched alkanes of at least 4 members (excludes halogenated alkanes) is 1. The predicted molar refractivity (Wildman–Crippen MR) is 52.9 cm³/mol. The Morgan fingerprint density at radius 2 is 2.21 bits per heavy atom. The molecular formula is C11H20O3. The maximum Gasteiger partial charge on any atom is 0.113 e. The van der Waals surface area contributed by atoms with Gasteiger partial charge in [0.05, 0.1) is 17.8 Å². The smallest absolute Gasteiger partial charge is 0.113 e. The Balaban J connectivity index is 1.95. The molecule has 2 rings (SSSR count). The molecule has 0 bridgehead atoms. The molecule has 0 unspecified atom stereocenters. The second-order valence-electron chi connectivity index (χ2n) is 4.96. The van der Waals surface area contributed by atoms with E-state index in [1.54, 1.807) is 6.92 Å². The lowest BCUT2D eigenvalue weighted by molar-refractivity contribution is -0.0443. The minimum absolute atomic E-state index is 0.0206. The third-order valence-corrected chi connectivity index (χ3v) is 3.57. The average molecular weight is 200 g/mol. The van der Waals surface area contributed by atoms with E-state index in [9.17, 15) is 10.2 Å². The Bertz CT molecular complexity index is 213. The molecule has 3 heteroatoms. The van der Waals surface area contributed by atoms with E-state index in [2.05, 4.69) is 6.92 Å². The predicted octanol–water partition coefficient (Wildman–Crippen LogP) is 1.08. The van der Waals surface area contributed by atoms with Crippen molar-refractivity contribution in [3.63, 3.8) is 0 Å². The summed E-state index contributed by atoms with van der Waals surface area (Å²) in [5.41, 5.74) is -0.813. The fourth-order valence-corrected chi connectivity index (χ4v) is 2.66. The van der Waals surface area contributed by atoms with Gasteiger partial charge in [0.1, 0.15) is 6.10 Å². The summed E-state index contributed by atoms with van der Waals surface area (Å²) in [4.78, 5) is 0. The molecule has 82 valence electrons. The normalized spacial score (nSPS) is 51.4. The second-order valence-corrected chi connectivity index (χ2v) is 4.96. The van der Waals surface area contributed by atoms with Crippen LogP contribution in [0.1, 0.15) is 39.5 Å². The highest BCUT2D eigenvalue weighted by Crippen LogP contribution is 2.47. The molecule has 1 aliphatic carbocycles. The lowest BCUT2D eigenvalue weighted by Gasteiger charge is -2.33. The fourth-order valence-electron chi connectivity index (χ4n) is 2.66. The van der Waals surface area contributed by atoms with Crippen molar-refractivity contribution in [3.05, 3.63) is 0 Å². The maximum atomic E-state index is 9.91. The van der Waals surface area contributed by atoms with Crippen LogP contribution in [0.3, 0.4) is 0 Å². The Hall–Kier alpha value is -0.120. The molecule has 2 N–H and O–H groups in total. The Morgan fingerprint density at radius 1 is 1.50 bits per heavy atom. The number of aliphatic hydroxyl groups is 2. The molecule has 2 fully saturated rings. The van der Waals surface area contributed by atoms with Crippen LogP contribution >= 0.6 is 0 Å². The third-order valence-electron chi connectivity index (χ3n) is 3.57. The van der Waals surface area contributed by atoms with E-state index in [0.29, 0.717) is 6.42 Å². The van der Waals surface area contributed by atoms with Crippen molar-refractivity contribution in [2.45, 2.75) is 63.4 Å². The number of hydrogen-bond acceptors (Lipinski definition) is 3. The van der Waals surface area contributed by atoms with Crippen LogP contribution in [-0.2, 0) is 4.74 Å². The second kappa shape index (κ2) is 3.47. The molecular weight excluding hydrogens is 180 g/mol. The summed E-state index contributed by atoms with van der Waals surface area (Å²) >= 11 is 0. The van der Waals surface area contributed by atoms with Gasteiger partial charge in [-0.25, -0.2) is 0 Å². The number of rotatable bonds is 3. The van der Waals surface area contributed by atoms with Gasteiger partial charge in [0.2, 0.25) is 0 Å². The first kappa shape index (κ1) is 10.4. The van der Waals surface area contributed by atoms with Gasteiger partial charge in [-0.1, -0.05) is 19.8 Å². The molecule has 1 saturated heterocycles. The molecule has 3 nitrogen and oxygen atoms in total. The van der Waals surface area contributed by atoms with E-state index in [-0.39, 0.29) is 24.2 Å². The van der Waals surface area contributed by atoms with Gasteiger partial charge in [0.25, 0.3) is 0 Å². The van der Waals surface area contributed by atoms with Gasteiger partial charge in [-0.15, -0.1) is 0 Å². The summed E-state index contributed by atoms with van der Waals surface area (Å²) in [7, 11) is 0. The third kappa shape index (κ3) is 1.69. The minimum atomic E-state index is -0.813. The molecule has 14 heavy (non-hydrogen) atoms. The lowest BCUT2D eigenvalue weighted by Crippen LogP contribution is -2.46. The molecule has 0 amide bonds. The number of fused-ring (bicyclic) bond motifs is 1. The average Bonchev–Trinajstić information content (AvgIpc) is 2.83. The number of ether oxygens (including phenoxy) is 1. The monoisotopic (exact) mass is 200 g/mol. The Kier molecular flexibility index (Phi) is 2.58. The van der Waals surface area contributed by atoms with Crippen LogP contribution in [-0.4, -0.2) is 34.1 Å². The van der Waals surface area contributed by atoms with Gasteiger partial charge in [0, 0.05) is 12.3 Å². The molecule has 2 aliphatic rings. The SMILES string of the molecule is CCCC[C@@H]1[C@@H]2O[C@@H]2[C@](C)(O)C[C@@H]1O. The molecule has 0 radical (unpaired) electrons. The molecule has 0 aromatic heterocycles. The van der Waals surface area contributed by atoms with Crippen molar-refractivity contribution in [2.75, 3.05) is 0 Å². The van der Waals surface area contributed by atoms with Crippen LogP contribution in [0.2, 0.25) is 0 Å². The van der Waals surface area contributed by atoms with Crippen molar-refractivity contribution < 1.29 is 14.9 Å². The first-order valence-corrected chi connectivity index (χ1v) is 5.62. The van der Waals surface area contributed by atoms with Gasteiger partial charge in [-0.3, -0.25) is 0 Å². The molecule has 0 spiro atoms. The molecule has 1 heterocycles. The van der Waals surface area contributed by atoms with Crippen LogP contribution in [0.15, 0.2) is 0 Å². The lowest BCUT2D eigenvalue weighted by atomic mass is 9.76. The van der Waals surface area contributed by atoms with E-state index >= 15 is 0 Å². The highest BCUT2D eigenvalue weighted by atomic mass is 16.6. The van der Waals surface area contributed by atoms with Crippen molar-refractivity contribution >= 4 is 0 Å². The van der Waals surface area contributed by atoms with Crippen LogP contribution in [0.5, 0.6) is 0 Å². The quantitative estimate of drug-likeness (QED) is 0.670. The summed E-state index contributed by atoms with van der Waals surface area (Å²) in [6, 6.07) is 0. The zero-order valence-corrected chi connectivity index (χ0v) is 8.94.